The summed E-state index contributed by atoms with van der Waals surface area (Å²) in [6.07, 6.45) is 2.04. The zero-order chi connectivity index (χ0) is 22.0. The summed E-state index contributed by atoms with van der Waals surface area (Å²) in [5.41, 5.74) is 1.85. The number of methoxy groups -OCH3 is 1. The van der Waals surface area contributed by atoms with Crippen LogP contribution in [-0.2, 0) is 11.2 Å². The molecule has 31 heavy (non-hydrogen) atoms. The van der Waals surface area contributed by atoms with Crippen LogP contribution in [0, 0.1) is 6.92 Å². The predicted molar refractivity (Wildman–Crippen MR) is 113 cm³/mol. The third-order valence-corrected chi connectivity index (χ3v) is 4.88. The number of hydrogen-bond acceptors (Lipinski definition) is 7. The van der Waals surface area contributed by atoms with Gasteiger partial charge >= 0.3 is 5.97 Å². The molecule has 0 fully saturated rings. The van der Waals surface area contributed by atoms with Crippen LogP contribution >= 0.6 is 11.6 Å². The topological polar surface area (TPSA) is 87.9 Å². The average Bonchev–Trinajstić information content (AvgIpc) is 3.31. The Hall–Kier alpha value is -3.58. The molecule has 0 radical (unpaired) electrons. The van der Waals surface area contributed by atoms with E-state index in [4.69, 9.17) is 30.3 Å². The van der Waals surface area contributed by atoms with Gasteiger partial charge in [-0.15, -0.1) is 0 Å². The van der Waals surface area contributed by atoms with Crippen molar-refractivity contribution in [2.45, 2.75) is 19.8 Å². The van der Waals surface area contributed by atoms with Gasteiger partial charge < -0.3 is 18.7 Å². The number of ketones is 1. The Labute approximate surface area is 183 Å². The van der Waals surface area contributed by atoms with Crippen LogP contribution in [0.4, 0.5) is 0 Å². The van der Waals surface area contributed by atoms with Crippen molar-refractivity contribution in [1.29, 1.82) is 0 Å². The number of nitrogens with zero attached hydrogens (tertiary/aromatic N) is 1. The zero-order valence-corrected chi connectivity index (χ0v) is 17.6. The Kier molecular flexibility index (Phi) is 5.77. The summed E-state index contributed by atoms with van der Waals surface area (Å²) in [6.45, 7) is 1.76. The largest absolute Gasteiger partial charge is 0.479 e. The molecule has 2 aromatic carbocycles. The number of allylic oxidation sites excluding steroid dienone is 1. The van der Waals surface area contributed by atoms with Crippen molar-refractivity contribution in [2.75, 3.05) is 7.11 Å². The standard InChI is InChI=1S/C23H18ClNO6/c1-13-8-17(29-21(26)7-6-16-12-20(28-2)25-31-16)11-18-22(13)23(27)19(30-18)10-14-4-3-5-15(24)9-14/h3-5,8-12H,6-7H2,1-2H3/b19-10-. The first-order valence-corrected chi connectivity index (χ1v) is 9.85. The summed E-state index contributed by atoms with van der Waals surface area (Å²) in [5.74, 6) is 1.01. The van der Waals surface area contributed by atoms with E-state index in [9.17, 15) is 9.59 Å². The number of benzene rings is 2. The van der Waals surface area contributed by atoms with Crippen molar-refractivity contribution in [2.24, 2.45) is 0 Å². The van der Waals surface area contributed by atoms with Gasteiger partial charge in [0.15, 0.2) is 5.76 Å². The van der Waals surface area contributed by atoms with Crippen LogP contribution in [0.1, 0.15) is 33.7 Å². The molecule has 158 valence electrons. The molecule has 3 aromatic rings. The third kappa shape index (κ3) is 4.62. The molecule has 0 saturated carbocycles. The number of hydrogen-bond donors (Lipinski definition) is 0. The lowest BCUT2D eigenvalue weighted by molar-refractivity contribution is -0.134. The van der Waals surface area contributed by atoms with Crippen molar-refractivity contribution < 1.29 is 28.3 Å². The second-order valence-electron chi connectivity index (χ2n) is 6.92. The number of Topliss-reactive ketones (excluding diaryl/α,β-unsaturated/α-hetero) is 1. The highest BCUT2D eigenvalue weighted by Gasteiger charge is 2.30. The highest BCUT2D eigenvalue weighted by Crippen LogP contribution is 2.37. The SMILES string of the molecule is COc1cc(CCC(=O)Oc2cc(C)c3c(c2)O/C(=C\c2cccc(Cl)c2)C3=O)on1. The van der Waals surface area contributed by atoms with E-state index >= 15 is 0 Å². The van der Waals surface area contributed by atoms with E-state index in [0.29, 0.717) is 45.7 Å². The van der Waals surface area contributed by atoms with Crippen molar-refractivity contribution in [3.63, 3.8) is 0 Å². The van der Waals surface area contributed by atoms with Crippen LogP contribution in [0.3, 0.4) is 0 Å². The summed E-state index contributed by atoms with van der Waals surface area (Å²) in [7, 11) is 1.48. The smallest absolute Gasteiger partial charge is 0.311 e. The molecule has 4 rings (SSSR count). The fraction of sp³-hybridized carbons (Fsp3) is 0.174. The molecule has 8 heteroatoms. The van der Waals surface area contributed by atoms with Gasteiger partial charge in [-0.3, -0.25) is 9.59 Å². The first-order chi connectivity index (χ1) is 14.9. The maximum atomic E-state index is 12.8. The predicted octanol–water partition coefficient (Wildman–Crippen LogP) is 4.80. The van der Waals surface area contributed by atoms with Gasteiger partial charge in [-0.05, 0) is 47.5 Å². The highest BCUT2D eigenvalue weighted by atomic mass is 35.5. The van der Waals surface area contributed by atoms with Gasteiger partial charge in [0.25, 0.3) is 5.88 Å². The van der Waals surface area contributed by atoms with Crippen molar-refractivity contribution in [3.05, 3.63) is 75.7 Å². The number of aryl methyl sites for hydroxylation is 2. The van der Waals surface area contributed by atoms with Crippen LogP contribution in [0.15, 0.2) is 52.7 Å². The molecule has 0 spiro atoms. The summed E-state index contributed by atoms with van der Waals surface area (Å²) < 4.78 is 21.2. The number of carbonyl (C=O) groups is 2. The number of carbonyl (C=O) groups excluding carboxylic acids is 2. The second-order valence-corrected chi connectivity index (χ2v) is 7.35. The van der Waals surface area contributed by atoms with Crippen molar-refractivity contribution in [3.8, 4) is 17.4 Å². The van der Waals surface area contributed by atoms with Gasteiger partial charge in [-0.1, -0.05) is 23.7 Å². The Morgan fingerprint density at radius 3 is 2.81 bits per heavy atom. The molecule has 0 unspecified atom stereocenters. The molecule has 7 nitrogen and oxygen atoms in total. The molecule has 0 bridgehead atoms. The van der Waals surface area contributed by atoms with Crippen molar-refractivity contribution >= 4 is 29.4 Å². The minimum absolute atomic E-state index is 0.0915. The first kappa shape index (κ1) is 20.7. The number of aromatic nitrogens is 1. The van der Waals surface area contributed by atoms with E-state index in [1.165, 1.54) is 13.2 Å². The number of ether oxygens (including phenoxy) is 3. The van der Waals surface area contributed by atoms with E-state index in [1.54, 1.807) is 43.3 Å². The van der Waals surface area contributed by atoms with Crippen molar-refractivity contribution in [1.82, 2.24) is 5.16 Å². The molecular weight excluding hydrogens is 422 g/mol. The van der Waals surface area contributed by atoms with Crippen LogP contribution in [0.2, 0.25) is 5.02 Å². The number of rotatable bonds is 6. The molecule has 1 aliphatic rings. The summed E-state index contributed by atoms with van der Waals surface area (Å²) in [5, 5.41) is 4.25. The molecule has 1 aliphatic heterocycles. The van der Waals surface area contributed by atoms with Crippen LogP contribution in [0.25, 0.3) is 6.08 Å². The van der Waals surface area contributed by atoms with E-state index in [0.717, 1.165) is 5.56 Å². The fourth-order valence-corrected chi connectivity index (χ4v) is 3.40. The molecule has 2 heterocycles. The number of esters is 1. The lowest BCUT2D eigenvalue weighted by Crippen LogP contribution is -2.09. The Morgan fingerprint density at radius 2 is 2.06 bits per heavy atom. The van der Waals surface area contributed by atoms with E-state index < -0.39 is 5.97 Å². The maximum absolute atomic E-state index is 12.8. The minimum Gasteiger partial charge on any atom is -0.479 e. The van der Waals surface area contributed by atoms with E-state index in [1.807, 2.05) is 6.07 Å². The van der Waals surface area contributed by atoms with Gasteiger partial charge in [-0.2, -0.15) is 0 Å². The van der Waals surface area contributed by atoms with E-state index in [2.05, 4.69) is 5.16 Å². The molecule has 0 aliphatic carbocycles. The van der Waals surface area contributed by atoms with Gasteiger partial charge in [0.05, 0.1) is 19.1 Å². The summed E-state index contributed by atoms with van der Waals surface area (Å²) >= 11 is 6.00. The van der Waals surface area contributed by atoms with Crippen LogP contribution in [-0.4, -0.2) is 24.0 Å². The van der Waals surface area contributed by atoms with Gasteiger partial charge in [0, 0.05) is 23.6 Å². The van der Waals surface area contributed by atoms with Gasteiger partial charge in [0.1, 0.15) is 17.3 Å². The zero-order valence-electron chi connectivity index (χ0n) is 16.8. The van der Waals surface area contributed by atoms with Gasteiger partial charge in [0.2, 0.25) is 5.78 Å². The summed E-state index contributed by atoms with van der Waals surface area (Å²) in [6, 6.07) is 11.9. The lowest BCUT2D eigenvalue weighted by atomic mass is 10.0. The molecule has 0 saturated heterocycles. The maximum Gasteiger partial charge on any atom is 0.311 e. The van der Waals surface area contributed by atoms with Crippen LogP contribution in [0.5, 0.6) is 17.4 Å². The van der Waals surface area contributed by atoms with Gasteiger partial charge in [-0.25, -0.2) is 0 Å². The Bertz CT molecular complexity index is 1200. The third-order valence-electron chi connectivity index (χ3n) is 4.64. The molecule has 1 aromatic heterocycles. The quantitative estimate of drug-likeness (QED) is 0.309. The molecule has 0 atom stereocenters. The normalized spacial score (nSPS) is 13.8. The Balaban J connectivity index is 1.46. The average molecular weight is 440 g/mol. The molecular formula is C23H18ClNO6. The van der Waals surface area contributed by atoms with Crippen LogP contribution < -0.4 is 14.2 Å². The second kappa shape index (κ2) is 8.65. The monoisotopic (exact) mass is 439 g/mol. The fourth-order valence-electron chi connectivity index (χ4n) is 3.20. The minimum atomic E-state index is -0.450. The number of fused-ring (bicyclic) bond motifs is 1. The van der Waals surface area contributed by atoms with E-state index in [-0.39, 0.29) is 18.0 Å². The summed E-state index contributed by atoms with van der Waals surface area (Å²) in [4.78, 5) is 25.0. The molecule has 0 amide bonds. The highest BCUT2D eigenvalue weighted by molar-refractivity contribution is 6.30. The lowest BCUT2D eigenvalue weighted by Gasteiger charge is -2.07. The first-order valence-electron chi connectivity index (χ1n) is 9.47. The molecule has 0 N–H and O–H groups in total. The Morgan fingerprint density at radius 1 is 1.23 bits per heavy atom. The number of halogens is 1.